The maximum atomic E-state index is 13.5. The first-order valence-electron chi connectivity index (χ1n) is 10.9. The molecule has 1 atom stereocenters. The third-order valence-corrected chi connectivity index (χ3v) is 5.89. The molecule has 0 radical (unpaired) electrons. The second kappa shape index (κ2) is 9.95. The summed E-state index contributed by atoms with van der Waals surface area (Å²) in [6, 6.07) is 8.88. The molecule has 1 aromatic heterocycles. The Morgan fingerprint density at radius 1 is 1.09 bits per heavy atom. The summed E-state index contributed by atoms with van der Waals surface area (Å²) in [5.41, 5.74) is 5.31. The highest BCUT2D eigenvalue weighted by atomic mass is 16.2. The Kier molecular flexibility index (Phi) is 7.29. The highest BCUT2D eigenvalue weighted by Crippen LogP contribution is 2.20. The van der Waals surface area contributed by atoms with Crippen molar-refractivity contribution in [3.8, 4) is 0 Å². The average Bonchev–Trinajstić information content (AvgIpc) is 2.76. The standard InChI is InChI=1S/C23H31N5O4/c1-4-27-22(31)19(18(29)15-26-13-9-8-12-17(26)20(24)30)21(25(2)3)28(23(27)32)14-16-10-6-5-7-11-16/h5-7,10-11,17H,4,8-9,12-15H2,1-3H3,(H2,24,30). The molecule has 1 unspecified atom stereocenters. The van der Waals surface area contributed by atoms with Crippen molar-refractivity contribution < 1.29 is 9.59 Å². The molecule has 9 heteroatoms. The molecule has 2 N–H and O–H groups in total. The lowest BCUT2D eigenvalue weighted by Gasteiger charge is -2.33. The lowest BCUT2D eigenvalue weighted by molar-refractivity contribution is -0.124. The van der Waals surface area contributed by atoms with Gasteiger partial charge in [-0.1, -0.05) is 36.8 Å². The Bertz CT molecular complexity index is 1100. The van der Waals surface area contributed by atoms with Gasteiger partial charge in [0.15, 0.2) is 5.78 Å². The van der Waals surface area contributed by atoms with E-state index in [0.717, 1.165) is 23.0 Å². The van der Waals surface area contributed by atoms with Crippen LogP contribution in [0.5, 0.6) is 0 Å². The van der Waals surface area contributed by atoms with E-state index in [0.29, 0.717) is 13.0 Å². The van der Waals surface area contributed by atoms with E-state index in [2.05, 4.69) is 0 Å². The second-order valence-electron chi connectivity index (χ2n) is 8.30. The van der Waals surface area contributed by atoms with Crippen LogP contribution in [0.4, 0.5) is 5.82 Å². The Labute approximate surface area is 187 Å². The van der Waals surface area contributed by atoms with Crippen LogP contribution in [0.2, 0.25) is 0 Å². The van der Waals surface area contributed by atoms with Crippen molar-refractivity contribution in [3.63, 3.8) is 0 Å². The number of nitrogens with zero attached hydrogens (tertiary/aromatic N) is 4. The summed E-state index contributed by atoms with van der Waals surface area (Å²) in [4.78, 5) is 55.1. The Balaban J connectivity index is 2.12. The van der Waals surface area contributed by atoms with E-state index in [4.69, 9.17) is 5.73 Å². The quantitative estimate of drug-likeness (QED) is 0.603. The Morgan fingerprint density at radius 2 is 1.78 bits per heavy atom. The summed E-state index contributed by atoms with van der Waals surface area (Å²) >= 11 is 0. The molecule has 0 bridgehead atoms. The molecule has 2 aromatic rings. The first-order valence-corrected chi connectivity index (χ1v) is 10.9. The highest BCUT2D eigenvalue weighted by molar-refractivity contribution is 6.02. The van der Waals surface area contributed by atoms with E-state index in [9.17, 15) is 19.2 Å². The van der Waals surface area contributed by atoms with E-state index >= 15 is 0 Å². The summed E-state index contributed by atoms with van der Waals surface area (Å²) in [6.07, 6.45) is 2.31. The largest absolute Gasteiger partial charge is 0.368 e. The minimum atomic E-state index is -0.608. The molecular weight excluding hydrogens is 410 g/mol. The summed E-state index contributed by atoms with van der Waals surface area (Å²) in [5.74, 6) is -0.618. The van der Waals surface area contributed by atoms with Crippen LogP contribution in [-0.4, -0.2) is 59.0 Å². The van der Waals surface area contributed by atoms with Crippen molar-refractivity contribution in [2.24, 2.45) is 5.73 Å². The molecule has 0 aliphatic carbocycles. The molecule has 1 aromatic carbocycles. The topological polar surface area (TPSA) is 111 Å². The number of hydrogen-bond acceptors (Lipinski definition) is 6. The number of benzene rings is 1. The van der Waals surface area contributed by atoms with Gasteiger partial charge in [-0.2, -0.15) is 0 Å². The van der Waals surface area contributed by atoms with Crippen LogP contribution in [0.15, 0.2) is 39.9 Å². The van der Waals surface area contributed by atoms with Crippen LogP contribution < -0.4 is 21.9 Å². The van der Waals surface area contributed by atoms with E-state index in [-0.39, 0.29) is 31.0 Å². The molecule has 1 amide bonds. The van der Waals surface area contributed by atoms with Gasteiger partial charge in [-0.25, -0.2) is 4.79 Å². The zero-order chi connectivity index (χ0) is 23.4. The Morgan fingerprint density at radius 3 is 2.38 bits per heavy atom. The number of carbonyl (C=O) groups is 2. The number of Topliss-reactive ketones (excluding diaryl/α,β-unsaturated/α-hetero) is 1. The maximum absolute atomic E-state index is 13.5. The molecule has 1 aliphatic heterocycles. The number of piperidine rings is 1. The minimum Gasteiger partial charge on any atom is -0.368 e. The number of rotatable bonds is 8. The van der Waals surface area contributed by atoms with Gasteiger partial charge in [-0.15, -0.1) is 0 Å². The van der Waals surface area contributed by atoms with Crippen molar-refractivity contribution in [1.29, 1.82) is 0 Å². The van der Waals surface area contributed by atoms with Crippen molar-refractivity contribution in [2.75, 3.05) is 32.1 Å². The summed E-state index contributed by atoms with van der Waals surface area (Å²) < 4.78 is 2.56. The fraction of sp³-hybridized carbons (Fsp3) is 0.478. The first kappa shape index (κ1) is 23.5. The van der Waals surface area contributed by atoms with Gasteiger partial charge in [-0.3, -0.25) is 28.4 Å². The fourth-order valence-corrected chi connectivity index (χ4v) is 4.35. The minimum absolute atomic E-state index is 0.0406. The number of ketones is 1. The van der Waals surface area contributed by atoms with E-state index < -0.39 is 29.0 Å². The lowest BCUT2D eigenvalue weighted by Crippen LogP contribution is -2.51. The van der Waals surface area contributed by atoms with Crippen LogP contribution >= 0.6 is 0 Å². The molecule has 0 saturated carbocycles. The van der Waals surface area contributed by atoms with Crippen LogP contribution in [0.1, 0.15) is 42.1 Å². The molecule has 9 nitrogen and oxygen atoms in total. The molecule has 1 fully saturated rings. The number of carbonyl (C=O) groups excluding carboxylic acids is 2. The normalized spacial score (nSPS) is 16.7. The van der Waals surface area contributed by atoms with Gasteiger partial charge in [0, 0.05) is 20.6 Å². The average molecular weight is 442 g/mol. The Hall–Kier alpha value is -3.20. The van der Waals surface area contributed by atoms with Crippen LogP contribution in [0.25, 0.3) is 0 Å². The zero-order valence-electron chi connectivity index (χ0n) is 18.9. The second-order valence-corrected chi connectivity index (χ2v) is 8.30. The van der Waals surface area contributed by atoms with E-state index in [1.54, 1.807) is 30.8 Å². The number of amides is 1. The molecule has 172 valence electrons. The van der Waals surface area contributed by atoms with Gasteiger partial charge in [0.05, 0.1) is 19.1 Å². The molecular formula is C23H31N5O4. The maximum Gasteiger partial charge on any atom is 0.332 e. The lowest BCUT2D eigenvalue weighted by atomic mass is 10.0. The van der Waals surface area contributed by atoms with Crippen LogP contribution in [0.3, 0.4) is 0 Å². The van der Waals surface area contributed by atoms with Crippen LogP contribution in [-0.2, 0) is 17.9 Å². The summed E-state index contributed by atoms with van der Waals surface area (Å²) in [6.45, 7) is 2.53. The number of nitrogens with two attached hydrogens (primary N) is 1. The number of hydrogen-bond donors (Lipinski definition) is 1. The predicted molar refractivity (Wildman–Crippen MR) is 123 cm³/mol. The number of likely N-dealkylation sites (tertiary alicyclic amines) is 1. The van der Waals surface area contributed by atoms with Crippen molar-refractivity contribution in [2.45, 2.75) is 45.3 Å². The molecule has 2 heterocycles. The smallest absolute Gasteiger partial charge is 0.332 e. The number of anilines is 1. The van der Waals surface area contributed by atoms with Gasteiger partial charge in [0.25, 0.3) is 5.56 Å². The van der Waals surface area contributed by atoms with Crippen molar-refractivity contribution in [1.82, 2.24) is 14.0 Å². The van der Waals surface area contributed by atoms with Gasteiger partial charge in [0.1, 0.15) is 11.4 Å². The number of primary amides is 1. The molecule has 1 saturated heterocycles. The highest BCUT2D eigenvalue weighted by Gasteiger charge is 2.32. The van der Waals surface area contributed by atoms with E-state index in [1.165, 1.54) is 4.57 Å². The van der Waals surface area contributed by atoms with Gasteiger partial charge in [0.2, 0.25) is 5.91 Å². The molecule has 3 rings (SSSR count). The van der Waals surface area contributed by atoms with Gasteiger partial charge in [-0.05, 0) is 31.9 Å². The fourth-order valence-electron chi connectivity index (χ4n) is 4.35. The summed E-state index contributed by atoms with van der Waals surface area (Å²) in [5, 5.41) is 0. The SMILES string of the molecule is CCn1c(=O)c(C(=O)CN2CCCCC2C(N)=O)c(N(C)C)n(Cc2ccccc2)c1=O. The third-order valence-electron chi connectivity index (χ3n) is 5.89. The van der Waals surface area contributed by atoms with Crippen molar-refractivity contribution >= 4 is 17.5 Å². The first-order chi connectivity index (χ1) is 15.3. The van der Waals surface area contributed by atoms with Crippen LogP contribution in [0, 0.1) is 0 Å². The third kappa shape index (κ3) is 4.67. The van der Waals surface area contributed by atoms with Gasteiger partial charge >= 0.3 is 5.69 Å². The molecule has 0 spiro atoms. The predicted octanol–water partition coefficient (Wildman–Crippen LogP) is 0.667. The monoisotopic (exact) mass is 441 g/mol. The summed E-state index contributed by atoms with van der Waals surface area (Å²) in [7, 11) is 3.41. The molecule has 32 heavy (non-hydrogen) atoms. The number of aromatic nitrogens is 2. The van der Waals surface area contributed by atoms with E-state index in [1.807, 2.05) is 30.3 Å². The molecule has 1 aliphatic rings. The van der Waals surface area contributed by atoms with Gasteiger partial charge < -0.3 is 10.6 Å². The zero-order valence-corrected chi connectivity index (χ0v) is 18.9. The van der Waals surface area contributed by atoms with Crippen molar-refractivity contribution in [3.05, 3.63) is 62.3 Å².